The molecular weight excluding hydrogens is 319 g/mol. The van der Waals surface area contributed by atoms with Crippen LogP contribution in [0.4, 0.5) is 4.39 Å². The molecule has 5 heteroatoms. The van der Waals surface area contributed by atoms with Gasteiger partial charge in [0.15, 0.2) is 0 Å². The normalized spacial score (nSPS) is 11.6. The van der Waals surface area contributed by atoms with Gasteiger partial charge in [-0.25, -0.2) is 4.39 Å². The molecule has 1 N–H and O–H groups in total. The third-order valence-electron chi connectivity index (χ3n) is 4.20. The zero-order valence-corrected chi connectivity index (χ0v) is 14.5. The van der Waals surface area contributed by atoms with Gasteiger partial charge in [0, 0.05) is 13.6 Å². The molecule has 2 amide bonds. The van der Waals surface area contributed by atoms with Crippen LogP contribution in [-0.2, 0) is 22.4 Å². The first-order chi connectivity index (χ1) is 12.0. The number of amides is 2. The lowest BCUT2D eigenvalue weighted by Crippen LogP contribution is -2.48. The van der Waals surface area contributed by atoms with Crippen LogP contribution in [-0.4, -0.2) is 36.3 Å². The molecule has 0 aliphatic heterocycles. The van der Waals surface area contributed by atoms with E-state index in [1.54, 1.807) is 25.1 Å². The van der Waals surface area contributed by atoms with E-state index in [9.17, 15) is 14.0 Å². The molecule has 0 aliphatic rings. The summed E-state index contributed by atoms with van der Waals surface area (Å²) in [6.07, 6.45) is 0.563. The number of likely N-dealkylation sites (N-methyl/N-ethyl adjacent to an activating group) is 1. The van der Waals surface area contributed by atoms with Gasteiger partial charge in [-0.15, -0.1) is 0 Å². The van der Waals surface area contributed by atoms with Crippen molar-refractivity contribution in [1.29, 1.82) is 0 Å². The van der Waals surface area contributed by atoms with E-state index in [0.29, 0.717) is 18.5 Å². The lowest BCUT2D eigenvalue weighted by Gasteiger charge is -2.28. The summed E-state index contributed by atoms with van der Waals surface area (Å²) in [7, 11) is 1.54. The molecule has 0 unspecified atom stereocenters. The molecule has 0 heterocycles. The van der Waals surface area contributed by atoms with Crippen LogP contribution in [0.25, 0.3) is 0 Å². The molecule has 2 aromatic rings. The summed E-state index contributed by atoms with van der Waals surface area (Å²) in [6, 6.07) is 15.3. The minimum absolute atomic E-state index is 0.0667. The SMILES string of the molecule is CNC(=O)[C@@H](C)N(CCc1ccccc1)C(=O)Cc1ccccc1F. The topological polar surface area (TPSA) is 49.4 Å². The Balaban J connectivity index is 2.13. The second-order valence-electron chi connectivity index (χ2n) is 5.88. The molecule has 132 valence electrons. The maximum absolute atomic E-state index is 13.8. The fourth-order valence-corrected chi connectivity index (χ4v) is 2.69. The predicted octanol–water partition coefficient (Wildman–Crippen LogP) is 2.57. The molecule has 0 radical (unpaired) electrons. The van der Waals surface area contributed by atoms with Gasteiger partial charge in [0.25, 0.3) is 0 Å². The Morgan fingerprint density at radius 1 is 1.08 bits per heavy atom. The third-order valence-corrected chi connectivity index (χ3v) is 4.20. The van der Waals surface area contributed by atoms with Crippen molar-refractivity contribution in [3.8, 4) is 0 Å². The Hall–Kier alpha value is -2.69. The second kappa shape index (κ2) is 8.97. The highest BCUT2D eigenvalue weighted by molar-refractivity contribution is 5.88. The smallest absolute Gasteiger partial charge is 0.242 e. The van der Waals surface area contributed by atoms with E-state index < -0.39 is 11.9 Å². The van der Waals surface area contributed by atoms with Gasteiger partial charge in [0.05, 0.1) is 6.42 Å². The van der Waals surface area contributed by atoms with Gasteiger partial charge in [-0.05, 0) is 30.5 Å². The zero-order valence-electron chi connectivity index (χ0n) is 14.5. The molecule has 1 atom stereocenters. The fourth-order valence-electron chi connectivity index (χ4n) is 2.69. The third kappa shape index (κ3) is 5.14. The highest BCUT2D eigenvalue weighted by Crippen LogP contribution is 2.12. The second-order valence-corrected chi connectivity index (χ2v) is 5.88. The van der Waals surface area contributed by atoms with Crippen molar-refractivity contribution in [1.82, 2.24) is 10.2 Å². The Kier molecular flexibility index (Phi) is 6.69. The number of hydrogen-bond acceptors (Lipinski definition) is 2. The summed E-state index contributed by atoms with van der Waals surface area (Å²) in [4.78, 5) is 26.2. The van der Waals surface area contributed by atoms with E-state index in [1.165, 1.54) is 18.0 Å². The van der Waals surface area contributed by atoms with Crippen LogP contribution < -0.4 is 5.32 Å². The Labute approximate surface area is 147 Å². The van der Waals surface area contributed by atoms with Crippen LogP contribution in [0.15, 0.2) is 54.6 Å². The summed E-state index contributed by atoms with van der Waals surface area (Å²) in [5.41, 5.74) is 1.41. The number of nitrogens with one attached hydrogen (secondary N) is 1. The van der Waals surface area contributed by atoms with Crippen molar-refractivity contribution < 1.29 is 14.0 Å². The molecule has 25 heavy (non-hydrogen) atoms. The first-order valence-corrected chi connectivity index (χ1v) is 8.31. The maximum atomic E-state index is 13.8. The Morgan fingerprint density at radius 2 is 1.72 bits per heavy atom. The molecule has 0 saturated carbocycles. The number of halogens is 1. The minimum atomic E-state index is -0.618. The van der Waals surface area contributed by atoms with Gasteiger partial charge in [-0.2, -0.15) is 0 Å². The van der Waals surface area contributed by atoms with E-state index in [0.717, 1.165) is 5.56 Å². The standard InChI is InChI=1S/C20H23FN2O2/c1-15(20(25)22-2)23(13-12-16-8-4-3-5-9-16)19(24)14-17-10-6-7-11-18(17)21/h3-11,15H,12-14H2,1-2H3,(H,22,25)/t15-/m1/s1. The highest BCUT2D eigenvalue weighted by Gasteiger charge is 2.25. The molecular formula is C20H23FN2O2. The van der Waals surface area contributed by atoms with Crippen molar-refractivity contribution in [2.24, 2.45) is 0 Å². The van der Waals surface area contributed by atoms with Gasteiger partial charge >= 0.3 is 0 Å². The van der Waals surface area contributed by atoms with Crippen molar-refractivity contribution in [2.45, 2.75) is 25.8 Å². The molecule has 2 rings (SSSR count). The predicted molar refractivity (Wildman–Crippen MR) is 95.5 cm³/mol. The Morgan fingerprint density at radius 3 is 2.36 bits per heavy atom. The fraction of sp³-hybridized carbons (Fsp3) is 0.300. The summed E-state index contributed by atoms with van der Waals surface area (Å²) >= 11 is 0. The first kappa shape index (κ1) is 18.6. The van der Waals surface area contributed by atoms with Crippen molar-refractivity contribution in [2.75, 3.05) is 13.6 Å². The molecule has 0 fully saturated rings. The van der Waals surface area contributed by atoms with Crippen LogP contribution in [0.3, 0.4) is 0 Å². The number of benzene rings is 2. The number of nitrogens with zero attached hydrogens (tertiary/aromatic N) is 1. The number of hydrogen-bond donors (Lipinski definition) is 1. The van der Waals surface area contributed by atoms with E-state index in [4.69, 9.17) is 0 Å². The highest BCUT2D eigenvalue weighted by atomic mass is 19.1. The van der Waals surface area contributed by atoms with Crippen molar-refractivity contribution in [3.05, 3.63) is 71.5 Å². The van der Waals surface area contributed by atoms with Crippen LogP contribution >= 0.6 is 0 Å². The van der Waals surface area contributed by atoms with E-state index >= 15 is 0 Å². The summed E-state index contributed by atoms with van der Waals surface area (Å²) in [5.74, 6) is -0.918. The molecule has 2 aromatic carbocycles. The quantitative estimate of drug-likeness (QED) is 0.841. The number of carbonyl (C=O) groups excluding carboxylic acids is 2. The molecule has 4 nitrogen and oxygen atoms in total. The van der Waals surface area contributed by atoms with Crippen LogP contribution in [0.2, 0.25) is 0 Å². The van der Waals surface area contributed by atoms with Crippen LogP contribution in [0.5, 0.6) is 0 Å². The van der Waals surface area contributed by atoms with Gasteiger partial charge in [0.1, 0.15) is 11.9 Å². The van der Waals surface area contributed by atoms with Gasteiger partial charge < -0.3 is 10.2 Å². The lowest BCUT2D eigenvalue weighted by atomic mass is 10.1. The van der Waals surface area contributed by atoms with E-state index in [1.807, 2.05) is 30.3 Å². The summed E-state index contributed by atoms with van der Waals surface area (Å²) in [5, 5.41) is 2.57. The summed E-state index contributed by atoms with van der Waals surface area (Å²) in [6.45, 7) is 2.08. The van der Waals surface area contributed by atoms with Gasteiger partial charge in [-0.1, -0.05) is 48.5 Å². The van der Waals surface area contributed by atoms with Crippen molar-refractivity contribution in [3.63, 3.8) is 0 Å². The molecule has 0 aromatic heterocycles. The monoisotopic (exact) mass is 342 g/mol. The number of rotatable bonds is 7. The molecule has 0 bridgehead atoms. The maximum Gasteiger partial charge on any atom is 0.242 e. The van der Waals surface area contributed by atoms with Gasteiger partial charge in [-0.3, -0.25) is 9.59 Å². The lowest BCUT2D eigenvalue weighted by molar-refractivity contribution is -0.139. The average Bonchev–Trinajstić information content (AvgIpc) is 2.63. The van der Waals surface area contributed by atoms with E-state index in [2.05, 4.69) is 5.32 Å². The molecule has 0 saturated heterocycles. The molecule has 0 spiro atoms. The Bertz CT molecular complexity index is 719. The van der Waals surface area contributed by atoms with E-state index in [-0.39, 0.29) is 18.2 Å². The average molecular weight is 342 g/mol. The van der Waals surface area contributed by atoms with Gasteiger partial charge in [0.2, 0.25) is 11.8 Å². The number of carbonyl (C=O) groups is 2. The summed E-state index contributed by atoms with van der Waals surface area (Å²) < 4.78 is 13.8. The van der Waals surface area contributed by atoms with Crippen LogP contribution in [0, 0.1) is 5.82 Å². The zero-order chi connectivity index (χ0) is 18.2. The van der Waals surface area contributed by atoms with Crippen molar-refractivity contribution >= 4 is 11.8 Å². The molecule has 0 aliphatic carbocycles. The van der Waals surface area contributed by atoms with Crippen LogP contribution in [0.1, 0.15) is 18.1 Å². The largest absolute Gasteiger partial charge is 0.357 e. The minimum Gasteiger partial charge on any atom is -0.357 e. The first-order valence-electron chi connectivity index (χ1n) is 8.31.